The largest absolute Gasteiger partial charge is 0.462 e. The van der Waals surface area contributed by atoms with Gasteiger partial charge in [0.1, 0.15) is 23.6 Å². The second kappa shape index (κ2) is 12.1. The quantitative estimate of drug-likeness (QED) is 0.284. The normalized spacial score (nSPS) is 42.3. The Kier molecular flexibility index (Phi) is 9.37. The van der Waals surface area contributed by atoms with Gasteiger partial charge in [-0.3, -0.25) is 33.6 Å². The van der Waals surface area contributed by atoms with Crippen LogP contribution in [0.15, 0.2) is 0 Å². The Morgan fingerprint density at radius 2 is 1.25 bits per heavy atom. The molecule has 0 aromatic rings. The molecule has 268 valence electrons. The Morgan fingerprint density at radius 3 is 1.73 bits per heavy atom. The van der Waals surface area contributed by atoms with E-state index in [1.54, 1.807) is 0 Å². The minimum absolute atomic E-state index is 0.171. The Balaban J connectivity index is 2.31. The van der Waals surface area contributed by atoms with Crippen molar-refractivity contribution in [2.75, 3.05) is 0 Å². The summed E-state index contributed by atoms with van der Waals surface area (Å²) in [5, 5.41) is 25.9. The molecule has 2 bridgehead atoms. The highest BCUT2D eigenvalue weighted by Gasteiger charge is 2.88. The first kappa shape index (κ1) is 37.2. The van der Waals surface area contributed by atoms with E-state index >= 15 is 0 Å². The highest BCUT2D eigenvalue weighted by Crippen LogP contribution is 2.72. The molecule has 15 nitrogen and oxygen atoms in total. The first-order chi connectivity index (χ1) is 21.9. The van der Waals surface area contributed by atoms with Gasteiger partial charge >= 0.3 is 35.8 Å². The fourth-order valence-corrected chi connectivity index (χ4v) is 9.67. The molecule has 4 aliphatic carbocycles. The van der Waals surface area contributed by atoms with Gasteiger partial charge in [0.15, 0.2) is 23.9 Å². The monoisotopic (exact) mass is 682 g/mol. The number of carbonyl (C=O) groups excluding carboxylic acids is 7. The number of Topliss-reactive ketones (excluding diaryl/α,β-unsaturated/α-hetero) is 1. The van der Waals surface area contributed by atoms with Crippen molar-refractivity contribution in [3.8, 4) is 0 Å². The summed E-state index contributed by atoms with van der Waals surface area (Å²) in [5.74, 6) is -10.1. The maximum absolute atomic E-state index is 13.7. The van der Waals surface area contributed by atoms with E-state index in [4.69, 9.17) is 28.4 Å². The number of esters is 6. The molecule has 4 aliphatic rings. The minimum atomic E-state index is -2.50. The number of fused-ring (bicyclic) bond motifs is 2. The SMILES string of the molecule is CCC(=O)O[C@@H]1[C@H]2C[C@H](OC(C)=O)[C@H]3[C@@](C)(O)[C@@H]4CC(=O)C(C)(C)[C@@]4(O)[C@H](OC(C)=O)[C@@H](OC(C)=O)[C@@]13[C@@H](OC(C)=O)[C@@]2(C)OC(C)=O. The molecule has 0 aromatic carbocycles. The zero-order chi connectivity index (χ0) is 36.5. The zero-order valence-corrected chi connectivity index (χ0v) is 28.9. The van der Waals surface area contributed by atoms with Crippen molar-refractivity contribution in [3.63, 3.8) is 0 Å². The maximum atomic E-state index is 13.7. The third-order valence-corrected chi connectivity index (χ3v) is 11.2. The summed E-state index contributed by atoms with van der Waals surface area (Å²) in [6, 6.07) is 0. The van der Waals surface area contributed by atoms with Crippen LogP contribution in [0, 0.1) is 28.6 Å². The van der Waals surface area contributed by atoms with E-state index in [1.807, 2.05) is 0 Å². The lowest BCUT2D eigenvalue weighted by molar-refractivity contribution is -0.266. The Hall–Kier alpha value is -3.59. The van der Waals surface area contributed by atoms with Crippen molar-refractivity contribution in [1.82, 2.24) is 0 Å². The zero-order valence-electron chi connectivity index (χ0n) is 28.9. The van der Waals surface area contributed by atoms with Gasteiger partial charge in [0.05, 0.1) is 16.4 Å². The molecule has 1 spiro atoms. The van der Waals surface area contributed by atoms with Gasteiger partial charge in [-0.1, -0.05) is 6.92 Å². The van der Waals surface area contributed by atoms with Crippen LogP contribution in [-0.2, 0) is 62.0 Å². The van der Waals surface area contributed by atoms with Crippen LogP contribution in [0.3, 0.4) is 0 Å². The molecule has 2 N–H and O–H groups in total. The first-order valence-corrected chi connectivity index (χ1v) is 16.0. The molecule has 4 saturated carbocycles. The Morgan fingerprint density at radius 1 is 0.729 bits per heavy atom. The van der Waals surface area contributed by atoms with E-state index in [9.17, 15) is 43.8 Å². The van der Waals surface area contributed by atoms with E-state index in [0.717, 1.165) is 34.6 Å². The first-order valence-electron chi connectivity index (χ1n) is 16.0. The molecule has 15 heteroatoms. The van der Waals surface area contributed by atoms with Crippen molar-refractivity contribution in [3.05, 3.63) is 0 Å². The molecule has 0 heterocycles. The number of carbonyl (C=O) groups is 7. The maximum Gasteiger partial charge on any atom is 0.305 e. The van der Waals surface area contributed by atoms with Crippen LogP contribution in [0.4, 0.5) is 0 Å². The molecule has 48 heavy (non-hydrogen) atoms. The predicted octanol–water partition coefficient (Wildman–Crippen LogP) is 1.10. The molecule has 0 unspecified atom stereocenters. The van der Waals surface area contributed by atoms with E-state index in [-0.39, 0.29) is 12.8 Å². The highest BCUT2D eigenvalue weighted by atomic mass is 16.6. The van der Waals surface area contributed by atoms with Gasteiger partial charge in [-0.05, 0) is 34.1 Å². The van der Waals surface area contributed by atoms with Gasteiger partial charge in [0.2, 0.25) is 0 Å². The minimum Gasteiger partial charge on any atom is -0.462 e. The fourth-order valence-electron chi connectivity index (χ4n) is 9.67. The molecule has 0 radical (unpaired) electrons. The summed E-state index contributed by atoms with van der Waals surface area (Å²) in [6.07, 6.45) is -9.53. The third-order valence-electron chi connectivity index (χ3n) is 11.2. The van der Waals surface area contributed by atoms with Crippen LogP contribution in [-0.4, -0.2) is 99.1 Å². The molecular weight excluding hydrogens is 636 g/mol. The predicted molar refractivity (Wildman–Crippen MR) is 159 cm³/mol. The molecule has 4 rings (SSSR count). The number of ketones is 1. The molecule has 12 atom stereocenters. The lowest BCUT2D eigenvalue weighted by atomic mass is 9.54. The van der Waals surface area contributed by atoms with Crippen LogP contribution >= 0.6 is 0 Å². The van der Waals surface area contributed by atoms with Gasteiger partial charge in [0, 0.05) is 65.2 Å². The lowest BCUT2D eigenvalue weighted by Crippen LogP contribution is -2.70. The van der Waals surface area contributed by atoms with E-state index in [0.29, 0.717) is 0 Å². The number of aliphatic hydroxyl groups is 2. The van der Waals surface area contributed by atoms with Crippen molar-refractivity contribution >= 4 is 41.6 Å². The van der Waals surface area contributed by atoms with Crippen LogP contribution in [0.25, 0.3) is 0 Å². The molecule has 0 aromatic heterocycles. The molecular formula is C33H46O15. The van der Waals surface area contributed by atoms with Crippen molar-refractivity contribution in [2.24, 2.45) is 28.6 Å². The smallest absolute Gasteiger partial charge is 0.305 e. The second-order valence-electron chi connectivity index (χ2n) is 14.4. The van der Waals surface area contributed by atoms with Gasteiger partial charge in [-0.15, -0.1) is 0 Å². The van der Waals surface area contributed by atoms with Crippen molar-refractivity contribution in [2.45, 2.75) is 136 Å². The van der Waals surface area contributed by atoms with E-state index in [1.165, 1.54) is 34.6 Å². The van der Waals surface area contributed by atoms with Gasteiger partial charge in [-0.2, -0.15) is 0 Å². The summed E-state index contributed by atoms with van der Waals surface area (Å²) in [5.41, 5.74) is -10.8. The molecule has 0 saturated heterocycles. The number of hydrogen-bond donors (Lipinski definition) is 2. The topological polar surface area (TPSA) is 215 Å². The van der Waals surface area contributed by atoms with Crippen molar-refractivity contribution in [1.29, 1.82) is 0 Å². The van der Waals surface area contributed by atoms with E-state index < -0.39 is 124 Å². The number of rotatable bonds is 7. The number of hydrogen-bond acceptors (Lipinski definition) is 15. The fraction of sp³-hybridized carbons (Fsp3) is 0.788. The summed E-state index contributed by atoms with van der Waals surface area (Å²) in [7, 11) is 0. The van der Waals surface area contributed by atoms with Crippen LogP contribution in [0.5, 0.6) is 0 Å². The van der Waals surface area contributed by atoms with E-state index in [2.05, 4.69) is 0 Å². The lowest BCUT2D eigenvalue weighted by Gasteiger charge is -2.56. The van der Waals surface area contributed by atoms with Crippen LogP contribution in [0.2, 0.25) is 0 Å². The van der Waals surface area contributed by atoms with Gasteiger partial charge in [0.25, 0.3) is 0 Å². The third kappa shape index (κ3) is 5.19. The average Bonchev–Trinajstić information content (AvgIpc) is 3.16. The van der Waals surface area contributed by atoms with Crippen LogP contribution in [0.1, 0.15) is 88.5 Å². The van der Waals surface area contributed by atoms with Gasteiger partial charge in [-0.25, -0.2) is 0 Å². The summed E-state index contributed by atoms with van der Waals surface area (Å²) < 4.78 is 35.8. The number of ether oxygens (including phenoxy) is 6. The molecule has 4 fully saturated rings. The molecule has 0 amide bonds. The summed E-state index contributed by atoms with van der Waals surface area (Å²) >= 11 is 0. The van der Waals surface area contributed by atoms with Crippen molar-refractivity contribution < 1.29 is 72.2 Å². The van der Waals surface area contributed by atoms with Gasteiger partial charge < -0.3 is 38.6 Å². The molecule has 0 aliphatic heterocycles. The Bertz CT molecular complexity index is 1420. The summed E-state index contributed by atoms with van der Waals surface area (Å²) in [4.78, 5) is 91.5. The highest BCUT2D eigenvalue weighted by molar-refractivity contribution is 5.89. The summed E-state index contributed by atoms with van der Waals surface area (Å²) in [6.45, 7) is 12.3. The second-order valence-corrected chi connectivity index (χ2v) is 14.4. The average molecular weight is 683 g/mol. The standard InChI is InChI=1S/C33H46O15/c1-11-23(40)47-25-19-12-20(43-14(2)34)24-30(9,41)21-13-22(39)29(7,8)33(21,42)27(45-16(4)36)26(44-15(3)35)32(24,25)28(46-17(5)37)31(19,10)48-18(6)38/h19-21,24-28,41-42H,11-13H2,1-10H3/t19-,20+,21+,24+,25-,26-,27-,28+,30+,31+,32+,33+/m1/s1. The Labute approximate surface area is 278 Å². The van der Waals surface area contributed by atoms with Crippen LogP contribution < -0.4 is 0 Å².